The Balaban J connectivity index is 1.40. The molecule has 2 heterocycles. The summed E-state index contributed by atoms with van der Waals surface area (Å²) in [5, 5.41) is 20.3. The SMILES string of the molecule is COc1cc(-c2ccc3c(c2)Nc2cc(CC(=O)NCc4cncs4)ccc2NC3=O)ccc1[N+](=O)[O-]. The van der Waals surface area contributed by atoms with Crippen molar-refractivity contribution in [2.24, 2.45) is 0 Å². The summed E-state index contributed by atoms with van der Waals surface area (Å²) in [7, 11) is 1.38. The van der Waals surface area contributed by atoms with Crippen LogP contribution in [-0.2, 0) is 17.8 Å². The van der Waals surface area contributed by atoms with Crippen LogP contribution >= 0.6 is 11.3 Å². The maximum absolute atomic E-state index is 12.9. The predicted octanol–water partition coefficient (Wildman–Crippen LogP) is 4.90. The smallest absolute Gasteiger partial charge is 0.310 e. The van der Waals surface area contributed by atoms with Crippen molar-refractivity contribution < 1.29 is 19.2 Å². The fourth-order valence-electron chi connectivity index (χ4n) is 4.04. The summed E-state index contributed by atoms with van der Waals surface area (Å²) in [4.78, 5) is 41.0. The van der Waals surface area contributed by atoms with Crippen LogP contribution in [0.1, 0.15) is 20.8 Å². The third-order valence-corrected chi connectivity index (χ3v) is 6.66. The molecule has 2 amide bonds. The quantitative estimate of drug-likeness (QED) is 0.235. The number of hydrogen-bond donors (Lipinski definition) is 3. The minimum absolute atomic E-state index is 0.124. The number of anilines is 3. The van der Waals surface area contributed by atoms with Crippen molar-refractivity contribution in [3.63, 3.8) is 0 Å². The van der Waals surface area contributed by atoms with Gasteiger partial charge in [-0.1, -0.05) is 12.1 Å². The largest absolute Gasteiger partial charge is 0.490 e. The Morgan fingerprint density at radius 2 is 1.86 bits per heavy atom. The van der Waals surface area contributed by atoms with E-state index < -0.39 is 4.92 Å². The maximum Gasteiger partial charge on any atom is 0.310 e. The second-order valence-electron chi connectivity index (χ2n) is 8.28. The summed E-state index contributed by atoms with van der Waals surface area (Å²) < 4.78 is 5.19. The summed E-state index contributed by atoms with van der Waals surface area (Å²) in [5.41, 5.74) is 6.06. The lowest BCUT2D eigenvalue weighted by Crippen LogP contribution is -2.24. The normalized spacial score (nSPS) is 11.9. The first kappa shape index (κ1) is 23.9. The highest BCUT2D eigenvalue weighted by Gasteiger charge is 2.21. The molecule has 0 unspecified atom stereocenters. The number of hydrogen-bond acceptors (Lipinski definition) is 8. The molecule has 3 N–H and O–H groups in total. The number of amides is 2. The molecule has 0 bridgehead atoms. The van der Waals surface area contributed by atoms with Crippen LogP contribution < -0.4 is 20.7 Å². The van der Waals surface area contributed by atoms with Gasteiger partial charge in [-0.15, -0.1) is 11.3 Å². The highest BCUT2D eigenvalue weighted by atomic mass is 32.1. The number of ether oxygens (including phenoxy) is 1. The van der Waals surface area contributed by atoms with Gasteiger partial charge in [0.25, 0.3) is 5.91 Å². The van der Waals surface area contributed by atoms with Gasteiger partial charge in [0.15, 0.2) is 5.75 Å². The second-order valence-corrected chi connectivity index (χ2v) is 9.26. The van der Waals surface area contributed by atoms with E-state index in [0.29, 0.717) is 34.7 Å². The van der Waals surface area contributed by atoms with Crippen molar-refractivity contribution >= 4 is 45.9 Å². The minimum atomic E-state index is -0.500. The standard InChI is InChI=1S/C26H21N5O5S/c1-36-24-11-17(4-7-23(24)31(34)35)16-3-5-19-21(10-16)29-22-8-15(2-6-20(22)30-26(19)33)9-25(32)28-13-18-12-27-14-37-18/h2-8,10-12,14,29H,9,13H2,1H3,(H,28,32)(H,30,33). The van der Waals surface area contributed by atoms with Gasteiger partial charge in [0.05, 0.1) is 53.1 Å². The zero-order chi connectivity index (χ0) is 25.9. The van der Waals surface area contributed by atoms with Crippen LogP contribution in [0.4, 0.5) is 22.7 Å². The number of thiazole rings is 1. The molecule has 0 aliphatic carbocycles. The number of methoxy groups -OCH3 is 1. The molecule has 11 heteroatoms. The Morgan fingerprint density at radius 3 is 2.62 bits per heavy atom. The highest BCUT2D eigenvalue weighted by Crippen LogP contribution is 2.37. The van der Waals surface area contributed by atoms with Gasteiger partial charge >= 0.3 is 5.69 Å². The van der Waals surface area contributed by atoms with E-state index >= 15 is 0 Å². The third kappa shape index (κ3) is 5.11. The van der Waals surface area contributed by atoms with Crippen molar-refractivity contribution in [3.8, 4) is 16.9 Å². The van der Waals surface area contributed by atoms with Crippen LogP contribution in [-0.4, -0.2) is 28.8 Å². The van der Waals surface area contributed by atoms with Crippen molar-refractivity contribution in [2.75, 3.05) is 17.7 Å². The first-order valence-electron chi connectivity index (χ1n) is 11.2. The average Bonchev–Trinajstić information content (AvgIpc) is 3.37. The molecule has 0 spiro atoms. The first-order valence-corrected chi connectivity index (χ1v) is 12.1. The number of carbonyl (C=O) groups is 2. The van der Waals surface area contributed by atoms with E-state index in [1.54, 1.807) is 54.2 Å². The number of fused-ring (bicyclic) bond motifs is 2. The highest BCUT2D eigenvalue weighted by molar-refractivity contribution is 7.09. The number of nitro benzene ring substituents is 1. The molecule has 1 aliphatic rings. The fourth-order valence-corrected chi connectivity index (χ4v) is 4.58. The first-order chi connectivity index (χ1) is 17.9. The molecule has 4 aromatic rings. The molecule has 0 saturated heterocycles. The van der Waals surface area contributed by atoms with Crippen LogP contribution in [0.3, 0.4) is 0 Å². The van der Waals surface area contributed by atoms with Gasteiger partial charge in [-0.3, -0.25) is 24.7 Å². The van der Waals surface area contributed by atoms with Crippen LogP contribution in [0.5, 0.6) is 5.75 Å². The lowest BCUT2D eigenvalue weighted by molar-refractivity contribution is -0.385. The van der Waals surface area contributed by atoms with E-state index in [1.165, 1.54) is 24.5 Å². The zero-order valence-electron chi connectivity index (χ0n) is 19.6. The Bertz CT molecular complexity index is 1520. The summed E-state index contributed by atoms with van der Waals surface area (Å²) >= 11 is 1.48. The van der Waals surface area contributed by atoms with Crippen molar-refractivity contribution in [1.82, 2.24) is 10.3 Å². The maximum atomic E-state index is 12.9. The predicted molar refractivity (Wildman–Crippen MR) is 140 cm³/mol. The van der Waals surface area contributed by atoms with Crippen LogP contribution in [0, 0.1) is 10.1 Å². The van der Waals surface area contributed by atoms with Crippen LogP contribution in [0.2, 0.25) is 0 Å². The Hall–Kier alpha value is -4.77. The molecule has 37 heavy (non-hydrogen) atoms. The van der Waals surface area contributed by atoms with Crippen molar-refractivity contribution in [3.05, 3.63) is 92.4 Å². The van der Waals surface area contributed by atoms with E-state index in [4.69, 9.17) is 4.74 Å². The summed E-state index contributed by atoms with van der Waals surface area (Å²) in [6.45, 7) is 0.423. The van der Waals surface area contributed by atoms with Gasteiger partial charge in [-0.2, -0.15) is 0 Å². The van der Waals surface area contributed by atoms with Crippen LogP contribution in [0.25, 0.3) is 11.1 Å². The average molecular weight is 516 g/mol. The summed E-state index contributed by atoms with van der Waals surface area (Å²) in [5.74, 6) is -0.253. The molecule has 1 aliphatic heterocycles. The molecule has 0 atom stereocenters. The second kappa shape index (κ2) is 10.1. The number of nitrogens with zero attached hydrogens (tertiary/aromatic N) is 2. The van der Waals surface area contributed by atoms with Gasteiger partial charge < -0.3 is 20.7 Å². The van der Waals surface area contributed by atoms with Crippen molar-refractivity contribution in [1.29, 1.82) is 0 Å². The molecular weight excluding hydrogens is 494 g/mol. The molecule has 1 aromatic heterocycles. The summed E-state index contributed by atoms with van der Waals surface area (Å²) in [6, 6.07) is 15.3. The van der Waals surface area contributed by atoms with Gasteiger partial charge in [-0.25, -0.2) is 0 Å². The fraction of sp³-hybridized carbons (Fsp3) is 0.115. The van der Waals surface area contributed by atoms with Crippen molar-refractivity contribution in [2.45, 2.75) is 13.0 Å². The van der Waals surface area contributed by atoms with E-state index in [9.17, 15) is 19.7 Å². The lowest BCUT2D eigenvalue weighted by Gasteiger charge is -2.12. The van der Waals surface area contributed by atoms with E-state index in [-0.39, 0.29) is 29.7 Å². The molecule has 0 saturated carbocycles. The summed E-state index contributed by atoms with van der Waals surface area (Å²) in [6.07, 6.45) is 1.90. The van der Waals surface area contributed by atoms with E-state index in [1.807, 2.05) is 6.07 Å². The minimum Gasteiger partial charge on any atom is -0.490 e. The third-order valence-electron chi connectivity index (χ3n) is 5.88. The van der Waals surface area contributed by atoms with Gasteiger partial charge in [-0.05, 0) is 53.1 Å². The monoisotopic (exact) mass is 515 g/mol. The lowest BCUT2D eigenvalue weighted by atomic mass is 10.0. The molecule has 186 valence electrons. The van der Waals surface area contributed by atoms with Gasteiger partial charge in [0.1, 0.15) is 0 Å². The van der Waals surface area contributed by atoms with Crippen LogP contribution in [0.15, 0.2) is 66.3 Å². The molecule has 0 radical (unpaired) electrons. The van der Waals surface area contributed by atoms with E-state index in [2.05, 4.69) is 20.9 Å². The zero-order valence-corrected chi connectivity index (χ0v) is 20.4. The van der Waals surface area contributed by atoms with E-state index in [0.717, 1.165) is 16.0 Å². The van der Waals surface area contributed by atoms with Gasteiger partial charge in [0.2, 0.25) is 5.91 Å². The number of nitro groups is 1. The topological polar surface area (TPSA) is 135 Å². The Labute approximate surface area is 215 Å². The Morgan fingerprint density at radius 1 is 1.05 bits per heavy atom. The molecule has 3 aromatic carbocycles. The Kier molecular flexibility index (Phi) is 6.52. The molecule has 5 rings (SSSR count). The number of nitrogens with one attached hydrogen (secondary N) is 3. The number of benzene rings is 3. The molecular formula is C26H21N5O5S. The number of aromatic nitrogens is 1. The molecule has 10 nitrogen and oxygen atoms in total. The number of rotatable bonds is 7. The number of carbonyl (C=O) groups excluding carboxylic acids is 2. The molecule has 0 fully saturated rings. The van der Waals surface area contributed by atoms with Gasteiger partial charge in [0, 0.05) is 17.1 Å².